The fourth-order valence-corrected chi connectivity index (χ4v) is 9.46. The Morgan fingerprint density at radius 3 is 1.24 bits per heavy atom. The number of carbonyl (C=O) groups is 2. The van der Waals surface area contributed by atoms with E-state index in [1.165, 1.54) is 128 Å². The molecule has 0 bridgehead atoms. The number of allylic oxidation sites excluding steroid dienone is 11. The maximum Gasteiger partial charge on any atom is 0.306 e. The molecule has 9 nitrogen and oxygen atoms in total. The Kier molecular flexibility index (Phi) is 52.9. The number of phosphoric ester groups is 1. The van der Waals surface area contributed by atoms with Crippen LogP contribution in [0.4, 0.5) is 0 Å². The highest BCUT2D eigenvalue weighted by Gasteiger charge is 2.27. The molecule has 0 aliphatic rings. The fourth-order valence-electron chi connectivity index (χ4n) is 8.74. The van der Waals surface area contributed by atoms with Crippen molar-refractivity contribution in [2.24, 2.45) is 0 Å². The molecule has 0 spiro atoms. The zero-order valence-electron chi connectivity index (χ0n) is 49.7. The lowest BCUT2D eigenvalue weighted by molar-refractivity contribution is -0.870. The molecule has 0 aromatic heterocycles. The molecule has 0 aliphatic heterocycles. The van der Waals surface area contributed by atoms with E-state index in [-0.39, 0.29) is 24.9 Å². The minimum atomic E-state index is -4.71. The number of hydrogen-bond donors (Lipinski definition) is 1. The van der Waals surface area contributed by atoms with Gasteiger partial charge in [0.05, 0.1) is 33.8 Å². The van der Waals surface area contributed by atoms with E-state index in [0.717, 1.165) is 116 Å². The first-order chi connectivity index (χ1) is 36.4. The lowest BCUT2D eigenvalue weighted by Gasteiger charge is -2.30. The van der Waals surface area contributed by atoms with E-state index < -0.39 is 26.6 Å². The number of phosphoric acid groups is 1. The molecule has 436 valence electrons. The van der Waals surface area contributed by atoms with Gasteiger partial charge in [-0.15, -0.1) is 0 Å². The normalized spacial score (nSPS) is 14.2. The minimum absolute atomic E-state index is 0.0286. The van der Waals surface area contributed by atoms with Gasteiger partial charge in [0, 0.05) is 12.8 Å². The minimum Gasteiger partial charge on any atom is -0.756 e. The third kappa shape index (κ3) is 56.0. The number of carbonyl (C=O) groups excluding carboxylic acids is 2. The molecule has 0 radical (unpaired) electrons. The van der Waals surface area contributed by atoms with Crippen molar-refractivity contribution in [1.29, 1.82) is 0 Å². The molecule has 0 saturated heterocycles. The fraction of sp³-hybridized carbons (Fsp3) is 0.785. The Morgan fingerprint density at radius 1 is 0.467 bits per heavy atom. The summed E-state index contributed by atoms with van der Waals surface area (Å²) in [4.78, 5) is 40.0. The van der Waals surface area contributed by atoms with Gasteiger partial charge in [0.2, 0.25) is 5.91 Å². The number of unbranched alkanes of at least 4 members (excludes halogenated alkanes) is 30. The maximum atomic E-state index is 13.5. The predicted octanol–water partition coefficient (Wildman–Crippen LogP) is 18.6. The molecule has 0 aliphatic carbocycles. The summed E-state index contributed by atoms with van der Waals surface area (Å²) >= 11 is 0. The van der Waals surface area contributed by atoms with Gasteiger partial charge in [0.1, 0.15) is 19.3 Å². The first-order valence-corrected chi connectivity index (χ1v) is 32.7. The second kappa shape index (κ2) is 54.8. The second-order valence-corrected chi connectivity index (χ2v) is 23.6. The average molecular weight is 1070 g/mol. The van der Waals surface area contributed by atoms with E-state index in [4.69, 9.17) is 13.8 Å². The van der Waals surface area contributed by atoms with E-state index >= 15 is 0 Å². The lowest BCUT2D eigenvalue weighted by atomic mass is 10.0. The number of amides is 1. The Morgan fingerprint density at radius 2 is 0.813 bits per heavy atom. The van der Waals surface area contributed by atoms with Gasteiger partial charge in [0.25, 0.3) is 7.82 Å². The number of hydrogen-bond acceptors (Lipinski definition) is 7. The molecule has 3 unspecified atom stereocenters. The molecule has 3 atom stereocenters. The quantitative estimate of drug-likeness (QED) is 0.0212. The van der Waals surface area contributed by atoms with Crippen LogP contribution in [0.3, 0.4) is 0 Å². The molecule has 1 amide bonds. The third-order valence-corrected chi connectivity index (χ3v) is 14.6. The van der Waals surface area contributed by atoms with E-state index in [9.17, 15) is 19.0 Å². The Bertz CT molecular complexity index is 1510. The molecule has 1 N–H and O–H groups in total. The first-order valence-electron chi connectivity index (χ1n) is 31.2. The van der Waals surface area contributed by atoms with Crippen LogP contribution in [0.5, 0.6) is 0 Å². The first kappa shape index (κ1) is 72.5. The van der Waals surface area contributed by atoms with Gasteiger partial charge in [-0.05, 0) is 102 Å². The molecular formula is C65H119N2O7P. The van der Waals surface area contributed by atoms with Gasteiger partial charge in [-0.25, -0.2) is 0 Å². The summed E-state index contributed by atoms with van der Waals surface area (Å²) in [6.45, 7) is 6.79. The lowest BCUT2D eigenvalue weighted by Crippen LogP contribution is -2.47. The monoisotopic (exact) mass is 1070 g/mol. The van der Waals surface area contributed by atoms with E-state index in [1.807, 2.05) is 33.3 Å². The molecule has 0 aromatic rings. The van der Waals surface area contributed by atoms with Crippen LogP contribution in [0.1, 0.15) is 278 Å². The summed E-state index contributed by atoms with van der Waals surface area (Å²) < 4.78 is 30.3. The van der Waals surface area contributed by atoms with Gasteiger partial charge in [0.15, 0.2) is 0 Å². The predicted molar refractivity (Wildman–Crippen MR) is 321 cm³/mol. The van der Waals surface area contributed by atoms with Crippen molar-refractivity contribution in [2.75, 3.05) is 40.9 Å². The SMILES string of the molecule is CCCCC/C=C\C/C=C\C/C=C\CCCCCCCCC(=O)NC(COP(=O)([O-])OCC[N+](C)(C)C)C(/C=C/CCCCCCCCCCCCC)OC(=O)CCCCCCCCC/C=C\C/C=C\CCCCC. The summed E-state index contributed by atoms with van der Waals surface area (Å²) in [6.07, 6.45) is 70.0. The average Bonchev–Trinajstić information content (AvgIpc) is 3.37. The Balaban J connectivity index is 5.33. The van der Waals surface area contributed by atoms with Gasteiger partial charge < -0.3 is 28.5 Å². The van der Waals surface area contributed by atoms with Crippen LogP contribution < -0.4 is 10.2 Å². The maximum absolute atomic E-state index is 13.5. The highest BCUT2D eigenvalue weighted by molar-refractivity contribution is 7.45. The van der Waals surface area contributed by atoms with Gasteiger partial charge in [-0.2, -0.15) is 0 Å². The molecule has 0 rings (SSSR count). The smallest absolute Gasteiger partial charge is 0.306 e. The number of nitrogens with zero attached hydrogens (tertiary/aromatic N) is 1. The van der Waals surface area contributed by atoms with Crippen molar-refractivity contribution in [2.45, 2.75) is 290 Å². The number of esters is 1. The third-order valence-electron chi connectivity index (χ3n) is 13.6. The van der Waals surface area contributed by atoms with Crippen molar-refractivity contribution in [1.82, 2.24) is 5.32 Å². The number of ether oxygens (including phenoxy) is 1. The molecule has 75 heavy (non-hydrogen) atoms. The summed E-state index contributed by atoms with van der Waals surface area (Å²) in [5.41, 5.74) is 0. The number of likely N-dealkylation sites (N-methyl/N-ethyl adjacent to an activating group) is 1. The van der Waals surface area contributed by atoms with E-state index in [1.54, 1.807) is 0 Å². The van der Waals surface area contributed by atoms with E-state index in [0.29, 0.717) is 17.4 Å². The van der Waals surface area contributed by atoms with Crippen LogP contribution in [0.2, 0.25) is 0 Å². The van der Waals surface area contributed by atoms with Crippen molar-refractivity contribution < 1.29 is 37.3 Å². The van der Waals surface area contributed by atoms with Crippen LogP contribution in [0.15, 0.2) is 72.9 Å². The second-order valence-electron chi connectivity index (χ2n) is 22.2. The van der Waals surface area contributed by atoms with Crippen molar-refractivity contribution in [3.8, 4) is 0 Å². The highest BCUT2D eigenvalue weighted by atomic mass is 31.2. The summed E-state index contributed by atoms with van der Waals surface area (Å²) in [6, 6.07) is -0.901. The molecular weight excluding hydrogens is 952 g/mol. The van der Waals surface area contributed by atoms with Crippen LogP contribution in [0.25, 0.3) is 0 Å². The van der Waals surface area contributed by atoms with Crippen molar-refractivity contribution in [3.63, 3.8) is 0 Å². The van der Waals surface area contributed by atoms with Crippen LogP contribution in [-0.2, 0) is 27.9 Å². The molecule has 0 heterocycles. The van der Waals surface area contributed by atoms with Crippen LogP contribution in [-0.4, -0.2) is 69.4 Å². The molecule has 0 aromatic carbocycles. The Hall–Kier alpha value is -2.55. The van der Waals surface area contributed by atoms with Gasteiger partial charge in [-0.1, -0.05) is 235 Å². The molecule has 0 fully saturated rings. The molecule has 10 heteroatoms. The largest absolute Gasteiger partial charge is 0.756 e. The number of quaternary nitrogens is 1. The number of rotatable bonds is 56. The summed E-state index contributed by atoms with van der Waals surface area (Å²) in [7, 11) is 1.17. The van der Waals surface area contributed by atoms with E-state index in [2.05, 4.69) is 86.8 Å². The van der Waals surface area contributed by atoms with Gasteiger partial charge in [-0.3, -0.25) is 14.2 Å². The molecule has 0 saturated carbocycles. The standard InChI is InChI=1S/C65H119N2O7P/c1-7-10-13-16-19-22-25-28-30-32-33-35-36-39-42-45-48-51-54-57-64(68)66-62(61-73-75(70,71)72-60-59-67(4,5)6)63(56-53-50-47-44-41-38-27-24-21-18-15-12-9-3)74-65(69)58-55-52-49-46-43-40-37-34-31-29-26-23-20-17-14-11-8-2/h19-20,22-23,28-31,33,35,53,56,62-63H,7-18,21,24-27,32,34,36-52,54-55,57-61H2,1-6H3,(H-,66,68,70,71)/b22-19-,23-20-,30-28-,31-29-,35-33-,56-53+. The number of nitrogens with one attached hydrogen (secondary N) is 1. The topological polar surface area (TPSA) is 114 Å². The van der Waals surface area contributed by atoms with Crippen LogP contribution in [0, 0.1) is 0 Å². The van der Waals surface area contributed by atoms with Crippen molar-refractivity contribution in [3.05, 3.63) is 72.9 Å². The summed E-state index contributed by atoms with van der Waals surface area (Å²) in [5.74, 6) is -0.562. The van der Waals surface area contributed by atoms with Crippen LogP contribution >= 0.6 is 7.82 Å². The van der Waals surface area contributed by atoms with Crippen molar-refractivity contribution >= 4 is 19.7 Å². The zero-order valence-corrected chi connectivity index (χ0v) is 50.6. The van der Waals surface area contributed by atoms with Gasteiger partial charge >= 0.3 is 5.97 Å². The zero-order chi connectivity index (χ0) is 55.0. The highest BCUT2D eigenvalue weighted by Crippen LogP contribution is 2.38. The Labute approximate surface area is 463 Å². The summed E-state index contributed by atoms with van der Waals surface area (Å²) in [5, 5.41) is 3.02.